The van der Waals surface area contributed by atoms with Crippen LogP contribution in [0, 0.1) is 0 Å². The van der Waals surface area contributed by atoms with E-state index in [0.717, 1.165) is 71.7 Å². The maximum absolute atomic E-state index is 6.54. The minimum atomic E-state index is 0.623. The van der Waals surface area contributed by atoms with E-state index >= 15 is 0 Å². The zero-order valence-corrected chi connectivity index (χ0v) is 32.7. The SMILES string of the molecule is Bc1c(B)c(B)c(-c2nc(-c3c(B)c(B)c(B)c(B)c3B)nc(-c3cccc4oc5ccc(-c6cccc7c6oc6ccccc67)cc5c34)n2)c(B)c1B. The summed E-state index contributed by atoms with van der Waals surface area (Å²) < 4.78 is 13.0. The molecule has 54 heavy (non-hydrogen) atoms. The molecule has 0 bridgehead atoms. The fourth-order valence-electron chi connectivity index (χ4n) is 8.55. The molecular weight excluding hydrogens is 651 g/mol. The number of rotatable bonds is 4. The molecule has 0 spiro atoms. The highest BCUT2D eigenvalue weighted by Gasteiger charge is 2.23. The number of hydrogen-bond donors (Lipinski definition) is 0. The highest BCUT2D eigenvalue weighted by atomic mass is 16.3. The number of fused-ring (bicyclic) bond motifs is 6. The van der Waals surface area contributed by atoms with Crippen LogP contribution in [-0.2, 0) is 0 Å². The molecule has 0 radical (unpaired) electrons. The van der Waals surface area contributed by atoms with Crippen LogP contribution >= 0.6 is 0 Å². The molecule has 0 amide bonds. The lowest BCUT2D eigenvalue weighted by Gasteiger charge is -2.22. The Kier molecular flexibility index (Phi) is 8.00. The average molecular weight is 684 g/mol. The molecule has 15 heteroatoms. The average Bonchev–Trinajstić information content (AvgIpc) is 3.76. The first kappa shape index (κ1) is 34.4. The molecule has 3 heterocycles. The number of furan rings is 2. The van der Waals surface area contributed by atoms with Crippen molar-refractivity contribution in [2.24, 2.45) is 0 Å². The zero-order chi connectivity index (χ0) is 37.7. The first-order chi connectivity index (χ1) is 25.9. The van der Waals surface area contributed by atoms with Gasteiger partial charge >= 0.3 is 0 Å². The van der Waals surface area contributed by atoms with Crippen molar-refractivity contribution < 1.29 is 8.83 Å². The van der Waals surface area contributed by atoms with Crippen LogP contribution in [0.4, 0.5) is 0 Å². The monoisotopic (exact) mass is 685 g/mol. The highest BCUT2D eigenvalue weighted by molar-refractivity contribution is 6.70. The van der Waals surface area contributed by atoms with Crippen molar-refractivity contribution >= 4 is 177 Å². The van der Waals surface area contributed by atoms with Crippen LogP contribution < -0.4 is 54.6 Å². The number of aromatic nitrogens is 3. The molecule has 9 aromatic rings. The van der Waals surface area contributed by atoms with Crippen LogP contribution in [0.25, 0.3) is 89.2 Å². The smallest absolute Gasteiger partial charge is 0.164 e. The van der Waals surface area contributed by atoms with Gasteiger partial charge < -0.3 is 8.83 Å². The molecule has 0 aliphatic heterocycles. The van der Waals surface area contributed by atoms with Crippen LogP contribution in [0.3, 0.4) is 0 Å². The Labute approximate surface area is 323 Å². The van der Waals surface area contributed by atoms with Gasteiger partial charge in [0.05, 0.1) is 0 Å². The van der Waals surface area contributed by atoms with Crippen LogP contribution in [-0.4, -0.2) is 93.4 Å². The molecule has 0 aliphatic rings. The second-order valence-electron chi connectivity index (χ2n) is 15.1. The van der Waals surface area contributed by atoms with Crippen molar-refractivity contribution in [2.45, 2.75) is 0 Å². The summed E-state index contributed by atoms with van der Waals surface area (Å²) in [5.41, 5.74) is 20.9. The molecule has 0 unspecified atom stereocenters. The van der Waals surface area contributed by atoms with E-state index in [9.17, 15) is 0 Å². The third-order valence-electron chi connectivity index (χ3n) is 12.5. The highest BCUT2D eigenvalue weighted by Crippen LogP contribution is 2.40. The minimum Gasteiger partial charge on any atom is -0.456 e. The largest absolute Gasteiger partial charge is 0.456 e. The third kappa shape index (κ3) is 5.04. The molecule has 6 aromatic carbocycles. The van der Waals surface area contributed by atoms with E-state index in [1.807, 2.05) is 24.3 Å². The standard InChI is InChI=1S/C39H33B10N3O2/c40-26-24(27(41)31(45)34(48)30(26)44)38-50-37(51-39(52-38)25-28(42)32(46)35(49)33(47)29(25)43)18-8-4-10-22-23(18)19-13-14(11-12-21(19)53-22)15-6-3-7-17-16-5-1-2-9-20(16)54-36(15)17/h1-13H,40-49H2. The number of hydrogen-bond acceptors (Lipinski definition) is 5. The first-order valence-corrected chi connectivity index (χ1v) is 18.7. The van der Waals surface area contributed by atoms with Gasteiger partial charge in [0.1, 0.15) is 101 Å². The lowest BCUT2D eigenvalue weighted by atomic mass is 9.60. The zero-order valence-electron chi connectivity index (χ0n) is 32.7. The quantitative estimate of drug-likeness (QED) is 0.173. The summed E-state index contributed by atoms with van der Waals surface area (Å²) in [6, 6.07) is 27.2. The van der Waals surface area contributed by atoms with Gasteiger partial charge in [0.15, 0.2) is 17.5 Å². The maximum Gasteiger partial charge on any atom is 0.164 e. The predicted molar refractivity (Wildman–Crippen MR) is 258 cm³/mol. The van der Waals surface area contributed by atoms with Crippen LogP contribution in [0.15, 0.2) is 87.7 Å². The molecule has 0 N–H and O–H groups in total. The van der Waals surface area contributed by atoms with Crippen molar-refractivity contribution in [3.63, 3.8) is 0 Å². The van der Waals surface area contributed by atoms with E-state index < -0.39 is 0 Å². The number of para-hydroxylation sites is 2. The van der Waals surface area contributed by atoms with Gasteiger partial charge in [-0.25, -0.2) is 15.0 Å². The number of benzene rings is 6. The van der Waals surface area contributed by atoms with E-state index in [1.54, 1.807) is 0 Å². The first-order valence-electron chi connectivity index (χ1n) is 18.7. The van der Waals surface area contributed by atoms with Gasteiger partial charge in [-0.2, -0.15) is 0 Å². The molecule has 0 fully saturated rings. The molecule has 9 rings (SSSR count). The summed E-state index contributed by atoms with van der Waals surface area (Å²) >= 11 is 0. The van der Waals surface area contributed by atoms with E-state index in [0.29, 0.717) is 17.5 Å². The maximum atomic E-state index is 6.54. The van der Waals surface area contributed by atoms with Crippen molar-refractivity contribution in [1.82, 2.24) is 15.0 Å². The number of nitrogens with zero attached hydrogens (tertiary/aromatic N) is 3. The van der Waals surface area contributed by atoms with Gasteiger partial charge in [0.25, 0.3) is 0 Å². The van der Waals surface area contributed by atoms with Crippen molar-refractivity contribution in [1.29, 1.82) is 0 Å². The summed E-state index contributed by atoms with van der Waals surface area (Å²) in [6.07, 6.45) is 0. The van der Waals surface area contributed by atoms with Crippen molar-refractivity contribution in [3.05, 3.63) is 78.9 Å². The second kappa shape index (κ2) is 12.6. The molecule has 3 aromatic heterocycles. The molecule has 0 saturated carbocycles. The van der Waals surface area contributed by atoms with Gasteiger partial charge in [-0.3, -0.25) is 0 Å². The molecule has 246 valence electrons. The second-order valence-corrected chi connectivity index (χ2v) is 15.1. The fourth-order valence-corrected chi connectivity index (χ4v) is 8.55. The Morgan fingerprint density at radius 3 is 1.48 bits per heavy atom. The van der Waals surface area contributed by atoms with Gasteiger partial charge in [-0.15, -0.1) is 32.8 Å². The third-order valence-corrected chi connectivity index (χ3v) is 12.5. The van der Waals surface area contributed by atoms with Gasteiger partial charge in [-0.05, 0) is 29.8 Å². The summed E-state index contributed by atoms with van der Waals surface area (Å²) in [5, 5.41) is 4.19. The predicted octanol–water partition coefficient (Wildman–Crippen LogP) is -7.08. The topological polar surface area (TPSA) is 65.0 Å². The molecule has 0 aliphatic carbocycles. The summed E-state index contributed by atoms with van der Waals surface area (Å²) in [6.45, 7) is 0. The Bertz CT molecular complexity index is 2940. The molecule has 0 saturated heterocycles. The van der Waals surface area contributed by atoms with Gasteiger partial charge in [0, 0.05) is 43.8 Å². The molecule has 0 atom stereocenters. The summed E-state index contributed by atoms with van der Waals surface area (Å²) in [7, 11) is 22.0. The van der Waals surface area contributed by atoms with Crippen molar-refractivity contribution in [2.75, 3.05) is 0 Å². The van der Waals surface area contributed by atoms with E-state index in [4.69, 9.17) is 23.8 Å². The lowest BCUT2D eigenvalue weighted by molar-refractivity contribution is 0.668. The minimum absolute atomic E-state index is 0.623. The van der Waals surface area contributed by atoms with Crippen LogP contribution in [0.5, 0.6) is 0 Å². The Morgan fingerprint density at radius 1 is 0.370 bits per heavy atom. The van der Waals surface area contributed by atoms with Crippen LogP contribution in [0.1, 0.15) is 0 Å². The van der Waals surface area contributed by atoms with Crippen molar-refractivity contribution in [3.8, 4) is 45.3 Å². The summed E-state index contributed by atoms with van der Waals surface area (Å²) in [5.74, 6) is 2.00. The fraction of sp³-hybridized carbons (Fsp3) is 0. The Balaban J connectivity index is 1.33. The van der Waals surface area contributed by atoms with E-state index in [1.165, 1.54) is 54.6 Å². The lowest BCUT2D eigenvalue weighted by Crippen LogP contribution is -2.55. The molecule has 5 nitrogen and oxygen atoms in total. The van der Waals surface area contributed by atoms with Gasteiger partial charge in [0.2, 0.25) is 0 Å². The van der Waals surface area contributed by atoms with E-state index in [-0.39, 0.29) is 0 Å². The van der Waals surface area contributed by atoms with E-state index in [2.05, 4.69) is 133 Å². The normalized spacial score (nSPS) is 11.7. The Morgan fingerprint density at radius 2 is 0.852 bits per heavy atom. The Hall–Kier alpha value is -5.42. The van der Waals surface area contributed by atoms with Crippen LogP contribution in [0.2, 0.25) is 0 Å². The molecular formula is C39H33B10N3O2. The van der Waals surface area contributed by atoms with Gasteiger partial charge in [-0.1, -0.05) is 76.4 Å². The summed E-state index contributed by atoms with van der Waals surface area (Å²) in [4.78, 5) is 16.1.